The van der Waals surface area contributed by atoms with Gasteiger partial charge in [-0.25, -0.2) is 4.57 Å². The number of carbonyl (C=O) groups excluding carboxylic acids is 1. The van der Waals surface area contributed by atoms with Gasteiger partial charge in [-0.1, -0.05) is 132 Å². The molecule has 3 N–H and O–H groups in total. The van der Waals surface area contributed by atoms with E-state index in [1.165, 1.54) is 38.5 Å². The third kappa shape index (κ3) is 36.3. The molecular formula is C43H78N2O6P+. The van der Waals surface area contributed by atoms with Crippen LogP contribution in [0.1, 0.15) is 142 Å². The highest BCUT2D eigenvalue weighted by Crippen LogP contribution is 2.43. The Morgan fingerprint density at radius 3 is 1.77 bits per heavy atom. The number of rotatable bonds is 35. The van der Waals surface area contributed by atoms with Crippen LogP contribution < -0.4 is 5.32 Å². The maximum Gasteiger partial charge on any atom is 0.472 e. The zero-order valence-corrected chi connectivity index (χ0v) is 34.7. The Morgan fingerprint density at radius 1 is 0.673 bits per heavy atom. The lowest BCUT2D eigenvalue weighted by Gasteiger charge is -2.25. The molecule has 0 aromatic carbocycles. The second kappa shape index (κ2) is 34.7. The molecule has 0 rings (SSSR count). The van der Waals surface area contributed by atoms with E-state index in [-0.39, 0.29) is 19.1 Å². The first kappa shape index (κ1) is 49.9. The fraction of sp³-hybridized carbons (Fsp3) is 0.698. The molecule has 0 aliphatic heterocycles. The minimum Gasteiger partial charge on any atom is -0.387 e. The maximum absolute atomic E-state index is 12.8. The normalized spacial score (nSPS) is 15.3. The summed E-state index contributed by atoms with van der Waals surface area (Å²) in [7, 11) is 1.52. The Morgan fingerprint density at radius 2 is 1.17 bits per heavy atom. The van der Waals surface area contributed by atoms with Gasteiger partial charge in [-0.2, -0.15) is 0 Å². The minimum atomic E-state index is -4.35. The van der Waals surface area contributed by atoms with Gasteiger partial charge in [0.05, 0.1) is 39.9 Å². The number of nitrogens with zero attached hydrogens (tertiary/aromatic N) is 1. The molecule has 0 spiro atoms. The maximum atomic E-state index is 12.8. The quantitative estimate of drug-likeness (QED) is 0.0258. The molecule has 0 fully saturated rings. The van der Waals surface area contributed by atoms with Gasteiger partial charge < -0.3 is 19.8 Å². The number of nitrogens with one attached hydrogen (secondary N) is 1. The first-order valence-corrected chi connectivity index (χ1v) is 21.8. The van der Waals surface area contributed by atoms with Crippen LogP contribution in [0, 0.1) is 0 Å². The first-order valence-electron chi connectivity index (χ1n) is 20.3. The molecule has 0 radical (unpaired) electrons. The Hall–Kier alpha value is -2.06. The summed E-state index contributed by atoms with van der Waals surface area (Å²) < 4.78 is 23.5. The van der Waals surface area contributed by atoms with Gasteiger partial charge >= 0.3 is 7.82 Å². The van der Waals surface area contributed by atoms with Crippen LogP contribution in [-0.4, -0.2) is 73.4 Å². The predicted octanol–water partition coefficient (Wildman–Crippen LogP) is 10.9. The fourth-order valence-corrected chi connectivity index (χ4v) is 5.88. The number of allylic oxidation sites excluding steroid dienone is 11. The van der Waals surface area contributed by atoms with Gasteiger partial charge in [0.1, 0.15) is 13.2 Å². The molecule has 52 heavy (non-hydrogen) atoms. The molecule has 0 saturated heterocycles. The summed E-state index contributed by atoms with van der Waals surface area (Å²) in [5.74, 6) is -0.213. The van der Waals surface area contributed by atoms with Gasteiger partial charge in [-0.3, -0.25) is 13.8 Å². The second-order valence-electron chi connectivity index (χ2n) is 14.6. The molecule has 8 nitrogen and oxygen atoms in total. The summed E-state index contributed by atoms with van der Waals surface area (Å²) in [5.41, 5.74) is 0. The van der Waals surface area contributed by atoms with Crippen LogP contribution in [0.2, 0.25) is 0 Å². The van der Waals surface area contributed by atoms with Gasteiger partial charge in [0, 0.05) is 6.42 Å². The smallest absolute Gasteiger partial charge is 0.387 e. The van der Waals surface area contributed by atoms with Crippen molar-refractivity contribution < 1.29 is 32.9 Å². The molecule has 0 saturated carbocycles. The van der Waals surface area contributed by atoms with Crippen LogP contribution in [0.3, 0.4) is 0 Å². The van der Waals surface area contributed by atoms with Crippen molar-refractivity contribution in [2.75, 3.05) is 40.9 Å². The van der Waals surface area contributed by atoms with E-state index >= 15 is 0 Å². The number of unbranched alkanes of at least 4 members (excludes halogenated alkanes) is 12. The molecule has 0 aromatic heterocycles. The van der Waals surface area contributed by atoms with Crippen LogP contribution in [0.4, 0.5) is 0 Å². The van der Waals surface area contributed by atoms with E-state index in [2.05, 4.69) is 79.9 Å². The lowest BCUT2D eigenvalue weighted by atomic mass is 10.1. The monoisotopic (exact) mass is 750 g/mol. The van der Waals surface area contributed by atoms with Crippen molar-refractivity contribution >= 4 is 13.7 Å². The standard InChI is InChI=1S/C43H77N2O6P/c1-6-8-10-12-14-16-18-20-22-24-26-28-30-32-34-36-42(46)41(40-51-52(48,49)50-39-38-45(3,4)5)44-43(47)37-35-33-31-29-27-25-23-21-19-17-15-13-11-9-7-2/h9,11,15,17-18,20-21,23,26,28,34,36,41-42,46H,6-8,10,12-14,16,19,22,24-25,27,29-33,35,37-40H2,1-5H3,(H-,44,47,48,49)/p+1/b11-9-,17-15-,20-18+,23-21-,28-26+,36-34+. The van der Waals surface area contributed by atoms with Gasteiger partial charge in [-0.15, -0.1) is 0 Å². The fourth-order valence-electron chi connectivity index (χ4n) is 5.14. The number of likely N-dealkylation sites (N-methyl/N-ethyl adjacent to an activating group) is 1. The van der Waals surface area contributed by atoms with Crippen molar-refractivity contribution in [1.82, 2.24) is 5.32 Å². The van der Waals surface area contributed by atoms with E-state index in [0.717, 1.165) is 83.5 Å². The van der Waals surface area contributed by atoms with Crippen molar-refractivity contribution in [1.29, 1.82) is 0 Å². The number of phosphoric ester groups is 1. The van der Waals surface area contributed by atoms with Gasteiger partial charge in [0.25, 0.3) is 0 Å². The largest absolute Gasteiger partial charge is 0.472 e. The number of aliphatic hydroxyl groups is 1. The van der Waals surface area contributed by atoms with Crippen LogP contribution >= 0.6 is 7.82 Å². The van der Waals surface area contributed by atoms with Gasteiger partial charge in [0.2, 0.25) is 5.91 Å². The summed E-state index contributed by atoms with van der Waals surface area (Å²) in [4.78, 5) is 23.0. The SMILES string of the molecule is CC/C=C\C/C=C\C/C=C\CCCCCCCC(=O)NC(COP(=O)(O)OCC[N+](C)(C)C)C(O)/C=C/CC/C=C/CC/C=C/CCCCCCC. The third-order valence-electron chi connectivity index (χ3n) is 8.39. The molecule has 0 aromatic rings. The summed E-state index contributed by atoms with van der Waals surface area (Å²) in [6, 6.07) is -0.880. The Kier molecular flexibility index (Phi) is 33.3. The number of phosphoric acid groups is 1. The Balaban J connectivity index is 4.63. The molecular weight excluding hydrogens is 671 g/mol. The molecule has 3 atom stereocenters. The summed E-state index contributed by atoms with van der Waals surface area (Å²) in [6.45, 7) is 4.61. The summed E-state index contributed by atoms with van der Waals surface area (Å²) in [6.07, 6.45) is 45.4. The lowest BCUT2D eigenvalue weighted by Crippen LogP contribution is -2.45. The summed E-state index contributed by atoms with van der Waals surface area (Å²) >= 11 is 0. The highest BCUT2D eigenvalue weighted by Gasteiger charge is 2.27. The highest BCUT2D eigenvalue weighted by atomic mass is 31.2. The molecule has 300 valence electrons. The summed E-state index contributed by atoms with van der Waals surface area (Å²) in [5, 5.41) is 13.7. The number of amides is 1. The topological polar surface area (TPSA) is 105 Å². The third-order valence-corrected chi connectivity index (χ3v) is 9.37. The second-order valence-corrected chi connectivity index (χ2v) is 16.1. The average molecular weight is 750 g/mol. The lowest BCUT2D eigenvalue weighted by molar-refractivity contribution is -0.870. The van der Waals surface area contributed by atoms with E-state index in [1.54, 1.807) is 6.08 Å². The van der Waals surface area contributed by atoms with E-state index in [1.807, 2.05) is 27.2 Å². The van der Waals surface area contributed by atoms with E-state index in [9.17, 15) is 19.4 Å². The van der Waals surface area contributed by atoms with Crippen molar-refractivity contribution in [2.45, 2.75) is 154 Å². The highest BCUT2D eigenvalue weighted by molar-refractivity contribution is 7.47. The van der Waals surface area contributed by atoms with E-state index in [4.69, 9.17) is 9.05 Å². The van der Waals surface area contributed by atoms with Crippen LogP contribution in [0.25, 0.3) is 0 Å². The molecule has 0 heterocycles. The molecule has 0 bridgehead atoms. The average Bonchev–Trinajstić information content (AvgIpc) is 3.09. The number of hydrogen-bond donors (Lipinski definition) is 3. The minimum absolute atomic E-state index is 0.0462. The first-order chi connectivity index (χ1) is 25.0. The number of hydrogen-bond acceptors (Lipinski definition) is 5. The molecule has 9 heteroatoms. The number of aliphatic hydroxyl groups excluding tert-OH is 1. The Labute approximate surface area is 319 Å². The Bertz CT molecular complexity index is 1080. The zero-order chi connectivity index (χ0) is 38.6. The number of quaternary nitrogens is 1. The number of carbonyl (C=O) groups is 1. The van der Waals surface area contributed by atoms with Crippen LogP contribution in [0.5, 0.6) is 0 Å². The zero-order valence-electron chi connectivity index (χ0n) is 33.8. The molecule has 1 amide bonds. The molecule has 0 aliphatic carbocycles. The van der Waals surface area contributed by atoms with Crippen LogP contribution in [-0.2, 0) is 18.4 Å². The van der Waals surface area contributed by atoms with Crippen LogP contribution in [0.15, 0.2) is 72.9 Å². The molecule has 0 aliphatic rings. The van der Waals surface area contributed by atoms with Crippen molar-refractivity contribution in [3.63, 3.8) is 0 Å². The van der Waals surface area contributed by atoms with E-state index in [0.29, 0.717) is 17.4 Å². The molecule has 3 unspecified atom stereocenters. The van der Waals surface area contributed by atoms with Crippen molar-refractivity contribution in [3.8, 4) is 0 Å². The van der Waals surface area contributed by atoms with Crippen molar-refractivity contribution in [2.24, 2.45) is 0 Å². The predicted molar refractivity (Wildman–Crippen MR) is 221 cm³/mol. The van der Waals surface area contributed by atoms with Gasteiger partial charge in [0.15, 0.2) is 0 Å². The van der Waals surface area contributed by atoms with E-state index < -0.39 is 20.0 Å². The van der Waals surface area contributed by atoms with Gasteiger partial charge in [-0.05, 0) is 77.0 Å². The van der Waals surface area contributed by atoms with Crippen molar-refractivity contribution in [3.05, 3.63) is 72.9 Å².